The fraction of sp³-hybridized carbons (Fsp3) is 0.895. The molecule has 22 heavy (non-hydrogen) atoms. The van der Waals surface area contributed by atoms with Crippen molar-refractivity contribution < 1.29 is 14.3 Å². The van der Waals surface area contributed by atoms with Gasteiger partial charge in [0.1, 0.15) is 11.4 Å². The lowest BCUT2D eigenvalue weighted by molar-refractivity contribution is -0.137. The Morgan fingerprint density at radius 2 is 1.86 bits per heavy atom. The topological polar surface area (TPSA) is 46.7 Å². The molecule has 0 aromatic carbocycles. The van der Waals surface area contributed by atoms with Gasteiger partial charge in [0, 0.05) is 17.3 Å². The number of fused-ring (bicyclic) bond motifs is 4. The van der Waals surface area contributed by atoms with Crippen molar-refractivity contribution in [2.75, 3.05) is 0 Å². The SMILES string of the molecule is CC12CCC3C(CCC45OC4(C=O)CCC35C)C1CCC2=O. The molecule has 4 aliphatic carbocycles. The monoisotopic (exact) mass is 302 g/mol. The highest BCUT2D eigenvalue weighted by molar-refractivity contribution is 5.87. The van der Waals surface area contributed by atoms with Crippen molar-refractivity contribution in [1.82, 2.24) is 0 Å². The zero-order valence-corrected chi connectivity index (χ0v) is 13.7. The van der Waals surface area contributed by atoms with Gasteiger partial charge < -0.3 is 9.53 Å². The molecule has 4 saturated carbocycles. The Morgan fingerprint density at radius 1 is 1.05 bits per heavy atom. The fourth-order valence-electron chi connectivity index (χ4n) is 7.62. The average Bonchev–Trinajstić information content (AvgIpc) is 2.97. The van der Waals surface area contributed by atoms with E-state index in [9.17, 15) is 9.59 Å². The summed E-state index contributed by atoms with van der Waals surface area (Å²) in [5, 5.41) is 0. The van der Waals surface area contributed by atoms with Gasteiger partial charge in [-0.2, -0.15) is 0 Å². The van der Waals surface area contributed by atoms with E-state index in [-0.39, 0.29) is 16.4 Å². The molecule has 1 spiro atoms. The summed E-state index contributed by atoms with van der Waals surface area (Å²) >= 11 is 0. The normalized spacial score (nSPS) is 61.9. The minimum absolute atomic E-state index is 0.0488. The molecule has 0 bridgehead atoms. The maximum atomic E-state index is 12.4. The van der Waals surface area contributed by atoms with E-state index in [1.807, 2.05) is 0 Å². The van der Waals surface area contributed by atoms with Crippen LogP contribution < -0.4 is 0 Å². The average molecular weight is 302 g/mol. The van der Waals surface area contributed by atoms with Gasteiger partial charge in [-0.15, -0.1) is 0 Å². The molecular weight excluding hydrogens is 276 g/mol. The van der Waals surface area contributed by atoms with Crippen molar-refractivity contribution in [2.24, 2.45) is 28.6 Å². The Hall–Kier alpha value is -0.700. The lowest BCUT2D eigenvalue weighted by Crippen LogP contribution is -2.55. The Morgan fingerprint density at radius 3 is 2.59 bits per heavy atom. The first-order valence-electron chi connectivity index (χ1n) is 9.12. The van der Waals surface area contributed by atoms with Crippen LogP contribution in [0.2, 0.25) is 0 Å². The third kappa shape index (κ3) is 1.17. The van der Waals surface area contributed by atoms with Crippen molar-refractivity contribution in [3.05, 3.63) is 0 Å². The fourth-order valence-corrected chi connectivity index (χ4v) is 7.62. The molecule has 0 radical (unpaired) electrons. The number of rotatable bonds is 1. The van der Waals surface area contributed by atoms with Gasteiger partial charge in [-0.05, 0) is 62.7 Å². The molecule has 3 nitrogen and oxygen atoms in total. The maximum absolute atomic E-state index is 12.4. The van der Waals surface area contributed by atoms with Crippen LogP contribution in [0, 0.1) is 28.6 Å². The molecule has 3 heteroatoms. The molecule has 5 fully saturated rings. The molecule has 120 valence electrons. The minimum atomic E-state index is -0.445. The van der Waals surface area contributed by atoms with Crippen molar-refractivity contribution in [2.45, 2.75) is 76.4 Å². The van der Waals surface area contributed by atoms with Gasteiger partial charge in [-0.25, -0.2) is 0 Å². The molecule has 0 amide bonds. The van der Waals surface area contributed by atoms with E-state index in [0.29, 0.717) is 23.5 Å². The predicted octanol–water partition coefficient (Wildman–Crippen LogP) is 3.30. The highest BCUT2D eigenvalue weighted by Gasteiger charge is 2.84. The number of carbonyl (C=O) groups excluding carboxylic acids is 2. The van der Waals surface area contributed by atoms with Crippen LogP contribution >= 0.6 is 0 Å². The van der Waals surface area contributed by atoms with Crippen molar-refractivity contribution in [3.8, 4) is 0 Å². The molecular formula is C19H26O3. The molecule has 0 aromatic rings. The summed E-state index contributed by atoms with van der Waals surface area (Å²) in [6.45, 7) is 4.62. The van der Waals surface area contributed by atoms with Gasteiger partial charge in [0.2, 0.25) is 0 Å². The zero-order valence-electron chi connectivity index (χ0n) is 13.7. The van der Waals surface area contributed by atoms with Crippen LogP contribution in [0.4, 0.5) is 0 Å². The van der Waals surface area contributed by atoms with Crippen molar-refractivity contribution in [3.63, 3.8) is 0 Å². The molecule has 1 saturated heterocycles. The Labute approximate surface area is 132 Å². The third-order valence-corrected chi connectivity index (χ3v) is 8.92. The van der Waals surface area contributed by atoms with Gasteiger partial charge in [0.25, 0.3) is 0 Å². The summed E-state index contributed by atoms with van der Waals surface area (Å²) in [6, 6.07) is 0. The standard InChI is InChI=1S/C19H26O3/c1-16-7-6-14-12(13(16)3-4-15(16)21)5-8-19-17(14,2)9-10-18(19,11-20)22-19/h11-14H,3-10H2,1-2H3. The predicted molar refractivity (Wildman–Crippen MR) is 81.2 cm³/mol. The Kier molecular flexibility index (Phi) is 2.30. The van der Waals surface area contributed by atoms with Gasteiger partial charge in [0.05, 0.1) is 0 Å². The van der Waals surface area contributed by atoms with Crippen LogP contribution in [0.1, 0.15) is 65.2 Å². The highest BCUT2D eigenvalue weighted by atomic mass is 16.6. The molecule has 0 aromatic heterocycles. The van der Waals surface area contributed by atoms with Crippen LogP contribution in [-0.4, -0.2) is 23.3 Å². The summed E-state index contributed by atoms with van der Waals surface area (Å²) in [5.41, 5.74) is -0.491. The second kappa shape index (κ2) is 3.68. The number of hydrogen-bond donors (Lipinski definition) is 0. The number of epoxide rings is 1. The van der Waals surface area contributed by atoms with Crippen LogP contribution in [-0.2, 0) is 14.3 Å². The molecule has 1 aliphatic heterocycles. The molecule has 5 aliphatic rings. The molecule has 5 rings (SSSR count). The second-order valence-corrected chi connectivity index (χ2v) is 9.19. The number of hydrogen-bond acceptors (Lipinski definition) is 3. The van der Waals surface area contributed by atoms with Crippen LogP contribution in [0.15, 0.2) is 0 Å². The molecule has 7 unspecified atom stereocenters. The van der Waals surface area contributed by atoms with Gasteiger partial charge >= 0.3 is 0 Å². The second-order valence-electron chi connectivity index (χ2n) is 9.19. The van der Waals surface area contributed by atoms with Crippen molar-refractivity contribution in [1.29, 1.82) is 0 Å². The summed E-state index contributed by atoms with van der Waals surface area (Å²) in [6.07, 6.45) is 9.43. The number of aldehydes is 1. The molecule has 0 N–H and O–H groups in total. The number of carbonyl (C=O) groups is 2. The third-order valence-electron chi connectivity index (χ3n) is 8.92. The minimum Gasteiger partial charge on any atom is -0.354 e. The van der Waals surface area contributed by atoms with Crippen LogP contribution in [0.3, 0.4) is 0 Å². The van der Waals surface area contributed by atoms with E-state index < -0.39 is 5.60 Å². The van der Waals surface area contributed by atoms with E-state index in [1.54, 1.807) is 0 Å². The first kappa shape index (κ1) is 13.7. The van der Waals surface area contributed by atoms with E-state index in [1.165, 1.54) is 0 Å². The molecule has 1 heterocycles. The summed E-state index contributed by atoms with van der Waals surface area (Å²) in [5.74, 6) is 2.41. The Bertz CT molecular complexity index is 585. The summed E-state index contributed by atoms with van der Waals surface area (Å²) in [7, 11) is 0. The lowest BCUT2D eigenvalue weighted by Gasteiger charge is -2.56. The van der Waals surface area contributed by atoms with Crippen LogP contribution in [0.25, 0.3) is 0 Å². The number of ketones is 1. The van der Waals surface area contributed by atoms with Gasteiger partial charge in [-0.3, -0.25) is 4.79 Å². The largest absolute Gasteiger partial charge is 0.354 e. The smallest absolute Gasteiger partial charge is 0.154 e. The first-order chi connectivity index (χ1) is 10.4. The lowest BCUT2D eigenvalue weighted by atomic mass is 9.47. The zero-order chi connectivity index (χ0) is 15.4. The van der Waals surface area contributed by atoms with E-state index in [4.69, 9.17) is 4.74 Å². The number of Topliss-reactive ketones (excluding diaryl/α,β-unsaturated/α-hetero) is 1. The van der Waals surface area contributed by atoms with E-state index in [2.05, 4.69) is 13.8 Å². The quantitative estimate of drug-likeness (QED) is 0.551. The molecule has 7 atom stereocenters. The highest BCUT2D eigenvalue weighted by Crippen LogP contribution is 2.77. The van der Waals surface area contributed by atoms with E-state index >= 15 is 0 Å². The Balaban J connectivity index is 1.53. The first-order valence-corrected chi connectivity index (χ1v) is 9.12. The maximum Gasteiger partial charge on any atom is 0.154 e. The van der Waals surface area contributed by atoms with Gasteiger partial charge in [0.15, 0.2) is 11.9 Å². The van der Waals surface area contributed by atoms with Gasteiger partial charge in [-0.1, -0.05) is 13.8 Å². The van der Waals surface area contributed by atoms with E-state index in [0.717, 1.165) is 57.7 Å². The summed E-state index contributed by atoms with van der Waals surface area (Å²) in [4.78, 5) is 24.0. The van der Waals surface area contributed by atoms with Crippen molar-refractivity contribution >= 4 is 12.1 Å². The van der Waals surface area contributed by atoms with Crippen LogP contribution in [0.5, 0.6) is 0 Å². The number of ether oxygens (including phenoxy) is 1. The summed E-state index contributed by atoms with van der Waals surface area (Å²) < 4.78 is 6.16.